The molecule has 0 atom stereocenters. The van der Waals surface area contributed by atoms with Crippen molar-refractivity contribution >= 4 is 46.8 Å². The highest BCUT2D eigenvalue weighted by Crippen LogP contribution is 2.26. The second-order valence-electron chi connectivity index (χ2n) is 5.09. The smallest absolute Gasteiger partial charge is 0.331 e. The fourth-order valence-electron chi connectivity index (χ4n) is 2.01. The molecule has 8 heteroatoms. The summed E-state index contributed by atoms with van der Waals surface area (Å²) in [5.41, 5.74) is 1.33. The van der Waals surface area contributed by atoms with Gasteiger partial charge in [0.05, 0.1) is 10.0 Å². The fourth-order valence-corrected chi connectivity index (χ4v) is 2.51. The minimum absolute atomic E-state index is 0.146. The molecule has 1 aromatic heterocycles. The van der Waals surface area contributed by atoms with E-state index >= 15 is 0 Å². The summed E-state index contributed by atoms with van der Waals surface area (Å²) in [6.45, 7) is -0.146. The normalized spacial score (nSPS) is 11.0. The molecule has 0 amide bonds. The van der Waals surface area contributed by atoms with Gasteiger partial charge in [-0.2, -0.15) is 0 Å². The molecule has 1 heterocycles. The lowest BCUT2D eigenvalue weighted by Crippen LogP contribution is -2.01. The number of aromatic nitrogens is 2. The van der Waals surface area contributed by atoms with Gasteiger partial charge in [0, 0.05) is 16.7 Å². The van der Waals surface area contributed by atoms with E-state index in [0.29, 0.717) is 26.5 Å². The first-order valence-electron chi connectivity index (χ1n) is 7.40. The summed E-state index contributed by atoms with van der Waals surface area (Å²) in [7, 11) is 0. The Kier molecular flexibility index (Phi) is 5.93. The number of halogens is 3. The van der Waals surface area contributed by atoms with Crippen LogP contribution in [-0.2, 0) is 16.1 Å². The monoisotopic (exact) mass is 408 g/mol. The molecule has 0 aliphatic carbocycles. The van der Waals surface area contributed by atoms with Crippen LogP contribution in [0.5, 0.6) is 0 Å². The summed E-state index contributed by atoms with van der Waals surface area (Å²) in [5.74, 6) is -0.0845. The molecule has 3 rings (SSSR count). The van der Waals surface area contributed by atoms with Crippen LogP contribution in [0.15, 0.2) is 53.0 Å². The van der Waals surface area contributed by atoms with Crippen molar-refractivity contribution in [2.24, 2.45) is 0 Å². The molecule has 0 saturated carbocycles. The van der Waals surface area contributed by atoms with Gasteiger partial charge in [-0.15, -0.1) is 10.2 Å². The van der Waals surface area contributed by atoms with Crippen molar-refractivity contribution in [3.63, 3.8) is 0 Å². The summed E-state index contributed by atoms with van der Waals surface area (Å²) >= 11 is 17.8. The third-order valence-corrected chi connectivity index (χ3v) is 4.36. The highest BCUT2D eigenvalue weighted by molar-refractivity contribution is 6.42. The number of carbonyl (C=O) groups is 1. The lowest BCUT2D eigenvalue weighted by atomic mass is 10.2. The van der Waals surface area contributed by atoms with Crippen LogP contribution >= 0.6 is 34.8 Å². The van der Waals surface area contributed by atoms with Gasteiger partial charge < -0.3 is 9.15 Å². The predicted octanol–water partition coefficient (Wildman–Crippen LogP) is 5.45. The average Bonchev–Trinajstić information content (AvgIpc) is 3.11. The molecule has 0 bridgehead atoms. The Bertz CT molecular complexity index is 953. The largest absolute Gasteiger partial charge is 0.452 e. The Hall–Kier alpha value is -2.34. The number of hydrogen-bond acceptors (Lipinski definition) is 5. The second-order valence-corrected chi connectivity index (χ2v) is 6.31. The van der Waals surface area contributed by atoms with Gasteiger partial charge in [0.2, 0.25) is 5.89 Å². The van der Waals surface area contributed by atoms with Crippen LogP contribution in [0.4, 0.5) is 0 Å². The first kappa shape index (κ1) is 18.5. The van der Waals surface area contributed by atoms with Gasteiger partial charge in [0.25, 0.3) is 5.89 Å². The van der Waals surface area contributed by atoms with Crippen molar-refractivity contribution in [3.05, 3.63) is 75.1 Å². The van der Waals surface area contributed by atoms with Crippen LogP contribution in [-0.4, -0.2) is 16.2 Å². The number of benzene rings is 2. The van der Waals surface area contributed by atoms with E-state index in [1.807, 2.05) is 0 Å². The van der Waals surface area contributed by atoms with Crippen molar-refractivity contribution < 1.29 is 13.9 Å². The van der Waals surface area contributed by atoms with Crippen LogP contribution in [0.1, 0.15) is 11.5 Å². The molecular formula is C18H11Cl3N2O3. The SMILES string of the molecule is O=C(/C=C/c1cccc(Cl)c1Cl)OCc1nnc(-c2ccc(Cl)cc2)o1. The summed E-state index contributed by atoms with van der Waals surface area (Å²) in [6.07, 6.45) is 2.76. The minimum atomic E-state index is -0.577. The highest BCUT2D eigenvalue weighted by atomic mass is 35.5. The third-order valence-electron chi connectivity index (χ3n) is 3.28. The second kappa shape index (κ2) is 8.36. The summed E-state index contributed by atoms with van der Waals surface area (Å²) in [4.78, 5) is 11.8. The Labute approximate surface area is 164 Å². The molecule has 26 heavy (non-hydrogen) atoms. The lowest BCUT2D eigenvalue weighted by Gasteiger charge is -2.00. The van der Waals surface area contributed by atoms with E-state index in [1.54, 1.807) is 42.5 Å². The van der Waals surface area contributed by atoms with Crippen LogP contribution < -0.4 is 0 Å². The molecule has 0 N–H and O–H groups in total. The molecule has 2 aromatic carbocycles. The van der Waals surface area contributed by atoms with Gasteiger partial charge >= 0.3 is 5.97 Å². The van der Waals surface area contributed by atoms with Crippen molar-refractivity contribution in [2.45, 2.75) is 6.61 Å². The number of ether oxygens (including phenoxy) is 1. The standard InChI is InChI=1S/C18H11Cl3N2O3/c19-13-7-4-12(5-8-13)18-23-22-15(26-18)10-25-16(24)9-6-11-2-1-3-14(20)17(11)21/h1-9H,10H2/b9-6+. The molecule has 0 fully saturated rings. The van der Waals surface area contributed by atoms with Gasteiger partial charge in [-0.3, -0.25) is 0 Å². The maximum Gasteiger partial charge on any atom is 0.331 e. The van der Waals surface area contributed by atoms with Gasteiger partial charge in [-0.25, -0.2) is 4.79 Å². The van der Waals surface area contributed by atoms with Crippen LogP contribution in [0, 0.1) is 0 Å². The van der Waals surface area contributed by atoms with E-state index in [1.165, 1.54) is 12.2 Å². The van der Waals surface area contributed by atoms with E-state index in [4.69, 9.17) is 44.0 Å². The van der Waals surface area contributed by atoms with E-state index in [2.05, 4.69) is 10.2 Å². The van der Waals surface area contributed by atoms with Crippen molar-refractivity contribution in [2.75, 3.05) is 0 Å². The number of rotatable bonds is 5. The molecule has 5 nitrogen and oxygen atoms in total. The summed E-state index contributed by atoms with van der Waals surface area (Å²) in [5, 5.41) is 9.12. The average molecular weight is 410 g/mol. The molecule has 0 radical (unpaired) electrons. The zero-order valence-electron chi connectivity index (χ0n) is 13.2. The number of esters is 1. The molecule has 3 aromatic rings. The Morgan fingerprint density at radius 2 is 1.85 bits per heavy atom. The zero-order chi connectivity index (χ0) is 18.5. The maximum absolute atomic E-state index is 11.8. The number of nitrogens with zero attached hydrogens (tertiary/aromatic N) is 2. The van der Waals surface area contributed by atoms with Crippen LogP contribution in [0.3, 0.4) is 0 Å². The molecule has 132 valence electrons. The van der Waals surface area contributed by atoms with E-state index in [-0.39, 0.29) is 12.5 Å². The van der Waals surface area contributed by atoms with Gasteiger partial charge in [-0.1, -0.05) is 46.9 Å². The van der Waals surface area contributed by atoms with E-state index < -0.39 is 5.97 Å². The first-order chi connectivity index (χ1) is 12.5. The predicted molar refractivity (Wildman–Crippen MR) is 100 cm³/mol. The van der Waals surface area contributed by atoms with Gasteiger partial charge in [0.15, 0.2) is 6.61 Å². The summed E-state index contributed by atoms with van der Waals surface area (Å²) in [6, 6.07) is 12.1. The molecule has 0 aliphatic heterocycles. The van der Waals surface area contributed by atoms with Crippen molar-refractivity contribution in [3.8, 4) is 11.5 Å². The molecule has 0 unspecified atom stereocenters. The Balaban J connectivity index is 1.59. The lowest BCUT2D eigenvalue weighted by molar-refractivity contribution is -0.139. The maximum atomic E-state index is 11.8. The molecule has 0 aliphatic rings. The zero-order valence-corrected chi connectivity index (χ0v) is 15.4. The van der Waals surface area contributed by atoms with Gasteiger partial charge in [0.1, 0.15) is 0 Å². The minimum Gasteiger partial charge on any atom is -0.452 e. The van der Waals surface area contributed by atoms with Gasteiger partial charge in [-0.05, 0) is 42.0 Å². The first-order valence-corrected chi connectivity index (χ1v) is 8.53. The van der Waals surface area contributed by atoms with E-state index in [0.717, 1.165) is 5.56 Å². The molecular weight excluding hydrogens is 399 g/mol. The topological polar surface area (TPSA) is 65.2 Å². The molecule has 0 spiro atoms. The number of hydrogen-bond donors (Lipinski definition) is 0. The Morgan fingerprint density at radius 1 is 1.08 bits per heavy atom. The van der Waals surface area contributed by atoms with Crippen molar-refractivity contribution in [1.29, 1.82) is 0 Å². The quantitative estimate of drug-likeness (QED) is 0.414. The Morgan fingerprint density at radius 3 is 2.62 bits per heavy atom. The molecule has 0 saturated heterocycles. The summed E-state index contributed by atoms with van der Waals surface area (Å²) < 4.78 is 10.5. The fraction of sp³-hybridized carbons (Fsp3) is 0.0556. The third kappa shape index (κ3) is 4.64. The number of carbonyl (C=O) groups excluding carboxylic acids is 1. The van der Waals surface area contributed by atoms with Crippen LogP contribution in [0.25, 0.3) is 17.5 Å². The van der Waals surface area contributed by atoms with Crippen molar-refractivity contribution in [1.82, 2.24) is 10.2 Å². The highest BCUT2D eigenvalue weighted by Gasteiger charge is 2.10. The van der Waals surface area contributed by atoms with Crippen LogP contribution in [0.2, 0.25) is 15.1 Å². The van der Waals surface area contributed by atoms with E-state index in [9.17, 15) is 4.79 Å².